The Balaban J connectivity index is 1.49. The van der Waals surface area contributed by atoms with Crippen molar-refractivity contribution >= 4 is 23.4 Å². The average molecular weight is 623 g/mol. The average Bonchev–Trinajstić information content (AvgIpc) is 3.10. The molecule has 0 bridgehead atoms. The summed E-state index contributed by atoms with van der Waals surface area (Å²) in [5.74, 6) is 2.42. The van der Waals surface area contributed by atoms with Crippen LogP contribution in [0.2, 0.25) is 0 Å². The van der Waals surface area contributed by atoms with Crippen LogP contribution in [0.5, 0.6) is 23.0 Å². The number of urea groups is 2. The highest BCUT2D eigenvalue weighted by molar-refractivity contribution is 5.99. The number of benzene rings is 4. The van der Waals surface area contributed by atoms with Crippen LogP contribution in [0.25, 0.3) is 33.4 Å². The fourth-order valence-electron chi connectivity index (χ4n) is 6.41. The molecule has 0 aromatic heterocycles. The minimum atomic E-state index is -0.149. The first-order chi connectivity index (χ1) is 22.5. The number of carbonyl (C=O) groups is 2. The van der Waals surface area contributed by atoms with Gasteiger partial charge in [-0.3, -0.25) is 9.80 Å². The standard InChI is InChI=1S/C36H38N4O6/c1-43-31-23(11-5-13-25(31)27-15-7-17-29(33(27)45-3)39-21-9-19-37-35(39)41)24-12-6-14-26(32(24)44-2)28-16-8-18-30(34(28)46-4)40-22-10-20-38-36(40)42/h5-8,11-18H,9-10,19-22H2,1-4H3,(H,37,41)(H,38,42). The van der Waals surface area contributed by atoms with Crippen molar-refractivity contribution in [2.45, 2.75) is 12.8 Å². The molecule has 2 N–H and O–H groups in total. The zero-order chi connectivity index (χ0) is 32.2. The largest absolute Gasteiger partial charge is 0.495 e. The van der Waals surface area contributed by atoms with Crippen LogP contribution in [-0.2, 0) is 0 Å². The number of rotatable bonds is 9. The van der Waals surface area contributed by atoms with Gasteiger partial charge in [0.1, 0.15) is 11.5 Å². The van der Waals surface area contributed by atoms with Gasteiger partial charge in [0.05, 0.1) is 39.8 Å². The van der Waals surface area contributed by atoms with Crippen molar-refractivity contribution in [2.75, 3.05) is 64.4 Å². The molecule has 2 fully saturated rings. The molecule has 2 saturated heterocycles. The lowest BCUT2D eigenvalue weighted by Gasteiger charge is -2.30. The SMILES string of the molecule is COc1c(-c2cccc(-c3cccc(N4CCCNC4=O)c3OC)c2OC)cccc1-c1cccc(N2CCCNC2=O)c1OC. The molecule has 238 valence electrons. The summed E-state index contributed by atoms with van der Waals surface area (Å²) in [5, 5.41) is 5.84. The van der Waals surface area contributed by atoms with E-state index in [0.29, 0.717) is 60.6 Å². The molecule has 0 saturated carbocycles. The Hall–Kier alpha value is -5.38. The molecular weight excluding hydrogens is 584 g/mol. The lowest BCUT2D eigenvalue weighted by Crippen LogP contribution is -2.46. The first-order valence-electron chi connectivity index (χ1n) is 15.3. The van der Waals surface area contributed by atoms with Gasteiger partial charge < -0.3 is 29.6 Å². The van der Waals surface area contributed by atoms with Gasteiger partial charge in [-0.1, -0.05) is 60.7 Å². The van der Waals surface area contributed by atoms with Gasteiger partial charge in [-0.15, -0.1) is 0 Å². The molecule has 2 aliphatic rings. The quantitative estimate of drug-likeness (QED) is 0.219. The van der Waals surface area contributed by atoms with Gasteiger partial charge in [0.15, 0.2) is 11.5 Å². The Morgan fingerprint density at radius 3 is 1.09 bits per heavy atom. The number of methoxy groups -OCH3 is 4. The molecule has 46 heavy (non-hydrogen) atoms. The summed E-state index contributed by atoms with van der Waals surface area (Å²) in [5.41, 5.74) is 6.21. The number of amides is 4. The maximum atomic E-state index is 12.8. The van der Waals surface area contributed by atoms with E-state index in [-0.39, 0.29) is 12.1 Å². The van der Waals surface area contributed by atoms with Gasteiger partial charge in [-0.2, -0.15) is 0 Å². The predicted octanol–water partition coefficient (Wildman–Crippen LogP) is 6.56. The number of nitrogens with one attached hydrogen (secondary N) is 2. The monoisotopic (exact) mass is 622 g/mol. The van der Waals surface area contributed by atoms with Gasteiger partial charge in [-0.25, -0.2) is 9.59 Å². The smallest absolute Gasteiger partial charge is 0.321 e. The zero-order valence-electron chi connectivity index (χ0n) is 26.5. The summed E-state index contributed by atoms with van der Waals surface area (Å²) in [7, 11) is 6.51. The van der Waals surface area contributed by atoms with E-state index in [1.807, 2.05) is 72.8 Å². The topological polar surface area (TPSA) is 102 Å². The Morgan fingerprint density at radius 1 is 0.478 bits per heavy atom. The van der Waals surface area contributed by atoms with Crippen LogP contribution in [0.4, 0.5) is 21.0 Å². The summed E-state index contributed by atoms with van der Waals surface area (Å²) in [6.45, 7) is 2.50. The number of hydrogen-bond acceptors (Lipinski definition) is 6. The molecular formula is C36H38N4O6. The summed E-state index contributed by atoms with van der Waals surface area (Å²) in [6.07, 6.45) is 1.68. The highest BCUT2D eigenvalue weighted by Crippen LogP contribution is 2.50. The molecule has 6 rings (SSSR count). The number of ether oxygens (including phenoxy) is 4. The second kappa shape index (κ2) is 13.3. The molecule has 0 atom stereocenters. The third-order valence-electron chi connectivity index (χ3n) is 8.45. The number of anilines is 2. The number of hydrogen-bond donors (Lipinski definition) is 2. The highest BCUT2D eigenvalue weighted by Gasteiger charge is 2.28. The van der Waals surface area contributed by atoms with Crippen LogP contribution in [-0.4, -0.2) is 66.7 Å². The van der Waals surface area contributed by atoms with E-state index in [1.165, 1.54) is 0 Å². The minimum Gasteiger partial charge on any atom is -0.495 e. The van der Waals surface area contributed by atoms with E-state index < -0.39 is 0 Å². The Bertz CT molecular complexity index is 1640. The Labute approximate surface area is 268 Å². The van der Waals surface area contributed by atoms with Gasteiger partial charge in [0, 0.05) is 59.6 Å². The van der Waals surface area contributed by atoms with Gasteiger partial charge >= 0.3 is 12.1 Å². The van der Waals surface area contributed by atoms with E-state index >= 15 is 0 Å². The van der Waals surface area contributed by atoms with Crippen molar-refractivity contribution in [3.05, 3.63) is 72.8 Å². The number of para-hydroxylation sites is 4. The lowest BCUT2D eigenvalue weighted by atomic mass is 9.92. The van der Waals surface area contributed by atoms with Crippen LogP contribution in [0.1, 0.15) is 12.8 Å². The van der Waals surface area contributed by atoms with E-state index in [1.54, 1.807) is 38.2 Å². The third-order valence-corrected chi connectivity index (χ3v) is 8.45. The van der Waals surface area contributed by atoms with Crippen molar-refractivity contribution < 1.29 is 28.5 Å². The Morgan fingerprint density at radius 2 is 0.783 bits per heavy atom. The Kier molecular flexibility index (Phi) is 8.87. The molecule has 0 spiro atoms. The zero-order valence-corrected chi connectivity index (χ0v) is 26.5. The second-order valence-corrected chi connectivity index (χ2v) is 11.0. The third kappa shape index (κ3) is 5.40. The molecule has 10 heteroatoms. The van der Waals surface area contributed by atoms with Crippen molar-refractivity contribution in [3.8, 4) is 56.4 Å². The summed E-state index contributed by atoms with van der Waals surface area (Å²) >= 11 is 0. The molecule has 4 aromatic carbocycles. The van der Waals surface area contributed by atoms with Crippen molar-refractivity contribution in [3.63, 3.8) is 0 Å². The minimum absolute atomic E-state index is 0.149. The molecule has 4 amide bonds. The maximum absolute atomic E-state index is 12.8. The predicted molar refractivity (Wildman–Crippen MR) is 180 cm³/mol. The van der Waals surface area contributed by atoms with Gasteiger partial charge in [0.25, 0.3) is 0 Å². The van der Waals surface area contributed by atoms with Crippen molar-refractivity contribution in [1.29, 1.82) is 0 Å². The molecule has 2 aliphatic heterocycles. The van der Waals surface area contributed by atoms with Crippen molar-refractivity contribution in [1.82, 2.24) is 10.6 Å². The van der Waals surface area contributed by atoms with Gasteiger partial charge in [-0.05, 0) is 25.0 Å². The maximum Gasteiger partial charge on any atom is 0.321 e. The molecule has 0 aliphatic carbocycles. The molecule has 0 radical (unpaired) electrons. The molecule has 2 heterocycles. The van der Waals surface area contributed by atoms with E-state index in [2.05, 4.69) is 10.6 Å². The summed E-state index contributed by atoms with van der Waals surface area (Å²) < 4.78 is 24.1. The number of nitrogens with zero attached hydrogens (tertiary/aromatic N) is 2. The first-order valence-corrected chi connectivity index (χ1v) is 15.3. The van der Waals surface area contributed by atoms with E-state index in [0.717, 1.165) is 46.2 Å². The molecule has 10 nitrogen and oxygen atoms in total. The van der Waals surface area contributed by atoms with Crippen LogP contribution < -0.4 is 39.4 Å². The summed E-state index contributed by atoms with van der Waals surface area (Å²) in [4.78, 5) is 28.9. The van der Waals surface area contributed by atoms with Crippen LogP contribution in [0.3, 0.4) is 0 Å². The van der Waals surface area contributed by atoms with Crippen molar-refractivity contribution in [2.24, 2.45) is 0 Å². The second-order valence-electron chi connectivity index (χ2n) is 11.0. The van der Waals surface area contributed by atoms with Crippen LogP contribution in [0, 0.1) is 0 Å². The van der Waals surface area contributed by atoms with E-state index in [9.17, 15) is 9.59 Å². The van der Waals surface area contributed by atoms with Gasteiger partial charge in [0.2, 0.25) is 0 Å². The fraction of sp³-hybridized carbons (Fsp3) is 0.278. The lowest BCUT2D eigenvalue weighted by molar-refractivity contribution is 0.241. The summed E-state index contributed by atoms with van der Waals surface area (Å²) in [6, 6.07) is 23.1. The highest BCUT2D eigenvalue weighted by atomic mass is 16.5. The normalized spacial score (nSPS) is 14.8. The van der Waals surface area contributed by atoms with E-state index in [4.69, 9.17) is 18.9 Å². The first kappa shape index (κ1) is 30.6. The van der Waals surface area contributed by atoms with Crippen LogP contribution in [0.15, 0.2) is 72.8 Å². The number of carbonyl (C=O) groups excluding carboxylic acids is 2. The fourth-order valence-corrected chi connectivity index (χ4v) is 6.41. The van der Waals surface area contributed by atoms with Crippen LogP contribution >= 0.6 is 0 Å². The molecule has 0 unspecified atom stereocenters. The molecule has 4 aromatic rings.